The molecule has 0 amide bonds. The van der Waals surface area contributed by atoms with Crippen LogP contribution in [0.5, 0.6) is 0 Å². The van der Waals surface area contributed by atoms with E-state index in [1.54, 1.807) is 6.07 Å². The molecular weight excluding hydrogens is 364 g/mol. The Labute approximate surface area is 141 Å². The molecule has 0 aliphatic rings. The monoisotopic (exact) mass is 386 g/mol. The van der Waals surface area contributed by atoms with Crippen LogP contribution in [0.1, 0.15) is 44.4 Å². The van der Waals surface area contributed by atoms with Gasteiger partial charge in [-0.1, -0.05) is 43.6 Å². The Morgan fingerprint density at radius 2 is 1.73 bits per heavy atom. The molecule has 0 bridgehead atoms. The number of hydrogen-bond donors (Lipinski definition) is 1. The summed E-state index contributed by atoms with van der Waals surface area (Å²) in [5.74, 6) is 0.635. The van der Waals surface area contributed by atoms with E-state index in [1.165, 1.54) is 0 Å². The number of primary sulfonamides is 1. The minimum absolute atomic E-state index is 0.172. The second kappa shape index (κ2) is 7.58. The van der Waals surface area contributed by atoms with E-state index in [2.05, 4.69) is 35.8 Å². The first kappa shape index (κ1) is 19.1. The predicted octanol–water partition coefficient (Wildman–Crippen LogP) is 3.56. The first-order chi connectivity index (χ1) is 10.1. The molecule has 0 saturated carbocycles. The summed E-state index contributed by atoms with van der Waals surface area (Å²) in [5.41, 5.74) is 2.43. The Kier molecular flexibility index (Phi) is 6.60. The van der Waals surface area contributed by atoms with Crippen molar-refractivity contribution in [3.05, 3.63) is 27.2 Å². The highest BCUT2D eigenvalue weighted by atomic mass is 79.9. The number of benzene rings is 1. The van der Waals surface area contributed by atoms with Gasteiger partial charge in [0.2, 0.25) is 10.0 Å². The third kappa shape index (κ3) is 4.80. The average molecular weight is 387 g/mol. The summed E-state index contributed by atoms with van der Waals surface area (Å²) in [7, 11) is -3.80. The molecule has 4 nitrogen and oxygen atoms in total. The Balaban J connectivity index is 3.69. The van der Waals surface area contributed by atoms with E-state index in [0.717, 1.165) is 11.1 Å². The van der Waals surface area contributed by atoms with E-state index in [-0.39, 0.29) is 17.2 Å². The highest BCUT2D eigenvalue weighted by Gasteiger charge is 2.23. The van der Waals surface area contributed by atoms with Crippen LogP contribution in [0.4, 0.5) is 0 Å². The summed E-state index contributed by atoms with van der Waals surface area (Å²) in [6.07, 6.45) is 1.55. The molecule has 1 rings (SSSR count). The standard InChI is InChI=1S/C16H23BrN2O2S/c1-10(2)7-12-9-15(22(19,20)21)14(8-11(3)4)16(17)13(12)5-6-18/h9-11H,5,7-8H2,1-4H3,(H2,19,20,21). The van der Waals surface area contributed by atoms with E-state index in [4.69, 9.17) is 10.4 Å². The van der Waals surface area contributed by atoms with Crippen LogP contribution in [0.15, 0.2) is 15.4 Å². The molecule has 0 unspecified atom stereocenters. The van der Waals surface area contributed by atoms with Crippen LogP contribution in [0.3, 0.4) is 0 Å². The van der Waals surface area contributed by atoms with Crippen molar-refractivity contribution >= 4 is 26.0 Å². The summed E-state index contributed by atoms with van der Waals surface area (Å²) >= 11 is 3.52. The largest absolute Gasteiger partial charge is 0.238 e. The topological polar surface area (TPSA) is 84.0 Å². The first-order valence-electron chi connectivity index (χ1n) is 7.30. The summed E-state index contributed by atoms with van der Waals surface area (Å²) in [6, 6.07) is 3.82. The number of nitrogens with zero attached hydrogens (tertiary/aromatic N) is 1. The zero-order valence-corrected chi connectivity index (χ0v) is 15.9. The maximum absolute atomic E-state index is 12.0. The van der Waals surface area contributed by atoms with E-state index in [9.17, 15) is 8.42 Å². The lowest BCUT2D eigenvalue weighted by Gasteiger charge is -2.19. The van der Waals surface area contributed by atoms with Crippen molar-refractivity contribution < 1.29 is 8.42 Å². The molecule has 0 heterocycles. The number of nitrogens with two attached hydrogens (primary N) is 1. The van der Waals surface area contributed by atoms with Gasteiger partial charge in [-0.05, 0) is 47.4 Å². The van der Waals surface area contributed by atoms with Crippen LogP contribution in [0.2, 0.25) is 0 Å². The number of nitriles is 1. The van der Waals surface area contributed by atoms with Crippen molar-refractivity contribution in [3.63, 3.8) is 0 Å². The fraction of sp³-hybridized carbons (Fsp3) is 0.562. The quantitative estimate of drug-likeness (QED) is 0.810. The highest BCUT2D eigenvalue weighted by molar-refractivity contribution is 9.10. The van der Waals surface area contributed by atoms with Gasteiger partial charge in [0.05, 0.1) is 17.4 Å². The van der Waals surface area contributed by atoms with Gasteiger partial charge in [-0.15, -0.1) is 0 Å². The van der Waals surface area contributed by atoms with Crippen LogP contribution in [-0.4, -0.2) is 8.42 Å². The molecule has 0 atom stereocenters. The number of sulfonamides is 1. The molecule has 0 aliphatic heterocycles. The summed E-state index contributed by atoms with van der Waals surface area (Å²) < 4.78 is 24.7. The van der Waals surface area contributed by atoms with Gasteiger partial charge in [0, 0.05) is 4.47 Å². The first-order valence-corrected chi connectivity index (χ1v) is 9.64. The number of halogens is 1. The molecular formula is C16H23BrN2O2S. The van der Waals surface area contributed by atoms with Gasteiger partial charge in [0.15, 0.2) is 0 Å². The third-order valence-corrected chi connectivity index (χ3v) is 5.26. The van der Waals surface area contributed by atoms with Crippen molar-refractivity contribution in [2.45, 2.75) is 51.9 Å². The molecule has 1 aromatic rings. The van der Waals surface area contributed by atoms with Gasteiger partial charge >= 0.3 is 0 Å². The lowest BCUT2D eigenvalue weighted by atomic mass is 9.92. The molecule has 122 valence electrons. The lowest BCUT2D eigenvalue weighted by Crippen LogP contribution is -2.18. The maximum Gasteiger partial charge on any atom is 0.238 e. The lowest BCUT2D eigenvalue weighted by molar-refractivity contribution is 0.589. The molecule has 0 radical (unpaired) electrons. The fourth-order valence-corrected chi connectivity index (χ4v) is 4.25. The minimum atomic E-state index is -3.80. The van der Waals surface area contributed by atoms with Crippen LogP contribution < -0.4 is 5.14 Å². The van der Waals surface area contributed by atoms with Crippen molar-refractivity contribution in [3.8, 4) is 6.07 Å². The van der Waals surface area contributed by atoms with E-state index >= 15 is 0 Å². The van der Waals surface area contributed by atoms with Crippen molar-refractivity contribution in [2.75, 3.05) is 0 Å². The smallest absolute Gasteiger partial charge is 0.225 e. The molecule has 1 aromatic carbocycles. The molecule has 0 fully saturated rings. The van der Waals surface area contributed by atoms with E-state index in [1.807, 2.05) is 13.8 Å². The molecule has 0 aromatic heterocycles. The number of rotatable bonds is 6. The number of hydrogen-bond acceptors (Lipinski definition) is 3. The van der Waals surface area contributed by atoms with E-state index < -0.39 is 10.0 Å². The van der Waals surface area contributed by atoms with Gasteiger partial charge in [-0.2, -0.15) is 5.26 Å². The minimum Gasteiger partial charge on any atom is -0.225 e. The molecule has 22 heavy (non-hydrogen) atoms. The van der Waals surface area contributed by atoms with Crippen LogP contribution in [0.25, 0.3) is 0 Å². The second-order valence-electron chi connectivity index (χ2n) is 6.38. The van der Waals surface area contributed by atoms with Gasteiger partial charge in [-0.3, -0.25) is 0 Å². The molecule has 0 saturated heterocycles. The SMILES string of the molecule is CC(C)Cc1cc(S(N)(=O)=O)c(CC(C)C)c(Br)c1CC#N. The van der Waals surface area contributed by atoms with Crippen molar-refractivity contribution in [1.29, 1.82) is 5.26 Å². The van der Waals surface area contributed by atoms with Crippen LogP contribution in [0, 0.1) is 23.2 Å². The Morgan fingerprint density at radius 1 is 1.18 bits per heavy atom. The van der Waals surface area contributed by atoms with Crippen molar-refractivity contribution in [2.24, 2.45) is 17.0 Å². The van der Waals surface area contributed by atoms with E-state index in [0.29, 0.717) is 28.8 Å². The van der Waals surface area contributed by atoms with Gasteiger partial charge in [-0.25, -0.2) is 13.6 Å². The summed E-state index contributed by atoms with van der Waals surface area (Å²) in [4.78, 5) is 0.172. The van der Waals surface area contributed by atoms with Gasteiger partial charge in [0.25, 0.3) is 0 Å². The average Bonchev–Trinajstić information content (AvgIpc) is 2.34. The van der Waals surface area contributed by atoms with Gasteiger partial charge < -0.3 is 0 Å². The zero-order chi connectivity index (χ0) is 17.1. The zero-order valence-electron chi connectivity index (χ0n) is 13.5. The van der Waals surface area contributed by atoms with Gasteiger partial charge in [0.1, 0.15) is 0 Å². The predicted molar refractivity (Wildman–Crippen MR) is 91.9 cm³/mol. The second-order valence-corrected chi connectivity index (χ2v) is 8.70. The summed E-state index contributed by atoms with van der Waals surface area (Å²) in [6.45, 7) is 8.15. The molecule has 0 spiro atoms. The molecule has 2 N–H and O–H groups in total. The maximum atomic E-state index is 12.0. The third-order valence-electron chi connectivity index (χ3n) is 3.32. The summed E-state index contributed by atoms with van der Waals surface area (Å²) in [5, 5.41) is 14.5. The fourth-order valence-electron chi connectivity index (χ4n) is 2.51. The Hall–Kier alpha value is -0.900. The highest BCUT2D eigenvalue weighted by Crippen LogP contribution is 2.34. The van der Waals surface area contributed by atoms with Crippen molar-refractivity contribution in [1.82, 2.24) is 0 Å². The Morgan fingerprint density at radius 3 is 2.14 bits per heavy atom. The Bertz CT molecular complexity index is 689. The molecule has 6 heteroatoms. The molecule has 0 aliphatic carbocycles. The van der Waals surface area contributed by atoms with Crippen LogP contribution in [-0.2, 0) is 29.3 Å². The van der Waals surface area contributed by atoms with Crippen LogP contribution >= 0.6 is 15.9 Å². The normalized spacial score (nSPS) is 12.0.